The first kappa shape index (κ1) is 21.7. The number of halogens is 1. The fourth-order valence-electron chi connectivity index (χ4n) is 3.69. The molecule has 0 radical (unpaired) electrons. The van der Waals surface area contributed by atoms with Crippen molar-refractivity contribution in [2.24, 2.45) is 11.7 Å². The zero-order valence-corrected chi connectivity index (χ0v) is 17.0. The van der Waals surface area contributed by atoms with E-state index in [1.807, 2.05) is 6.92 Å². The van der Waals surface area contributed by atoms with Gasteiger partial charge in [-0.25, -0.2) is 13.1 Å². The van der Waals surface area contributed by atoms with Gasteiger partial charge in [-0.2, -0.15) is 0 Å². The minimum atomic E-state index is -3.90. The Morgan fingerprint density at radius 1 is 1.41 bits per heavy atom. The highest BCUT2D eigenvalue weighted by molar-refractivity contribution is 7.89. The number of rotatable bonds is 5. The van der Waals surface area contributed by atoms with Crippen molar-refractivity contribution in [1.29, 1.82) is 0 Å². The van der Waals surface area contributed by atoms with E-state index in [0.717, 1.165) is 19.3 Å². The fraction of sp³-hybridized carbons (Fsp3) is 0.588. The van der Waals surface area contributed by atoms with E-state index in [9.17, 15) is 13.2 Å². The molecule has 1 heterocycles. The second-order valence-electron chi connectivity index (χ2n) is 6.95. The minimum Gasteiger partial charge on any atom is -0.495 e. The summed E-state index contributed by atoms with van der Waals surface area (Å²) in [5.74, 6) is 0.267. The molecule has 1 fully saturated rings. The van der Waals surface area contributed by atoms with E-state index in [4.69, 9.17) is 15.2 Å². The highest BCUT2D eigenvalue weighted by Crippen LogP contribution is 2.39. The van der Waals surface area contributed by atoms with E-state index in [0.29, 0.717) is 17.9 Å². The van der Waals surface area contributed by atoms with Gasteiger partial charge in [0.1, 0.15) is 16.4 Å². The number of methoxy groups -OCH3 is 1. The number of fused-ring (bicyclic) bond motifs is 1. The molecule has 2 aliphatic rings. The molecule has 1 aliphatic heterocycles. The average Bonchev–Trinajstić information content (AvgIpc) is 2.62. The number of nitrogens with two attached hydrogens (primary N) is 1. The summed E-state index contributed by atoms with van der Waals surface area (Å²) in [4.78, 5) is 11.4. The number of carbonyl (C=O) groups excluding carboxylic acids is 1. The maximum Gasteiger partial charge on any atom is 0.262 e. The van der Waals surface area contributed by atoms with Crippen molar-refractivity contribution in [2.75, 3.05) is 25.6 Å². The van der Waals surface area contributed by atoms with E-state index >= 15 is 0 Å². The molecular formula is C17H26ClN3O5S. The Hall–Kier alpha value is -1.55. The molecule has 1 amide bonds. The van der Waals surface area contributed by atoms with Gasteiger partial charge in [0, 0.05) is 24.2 Å². The van der Waals surface area contributed by atoms with Crippen molar-refractivity contribution in [3.8, 4) is 11.5 Å². The summed E-state index contributed by atoms with van der Waals surface area (Å²) in [6.45, 7) is 2.10. The van der Waals surface area contributed by atoms with Crippen molar-refractivity contribution in [3.05, 3.63) is 12.1 Å². The second-order valence-corrected chi connectivity index (χ2v) is 8.60. The molecule has 1 aliphatic carbocycles. The van der Waals surface area contributed by atoms with Crippen LogP contribution >= 0.6 is 12.4 Å². The number of sulfonamides is 1. The molecule has 0 aromatic heterocycles. The maximum atomic E-state index is 13.2. The lowest BCUT2D eigenvalue weighted by Gasteiger charge is -2.42. The molecule has 0 saturated heterocycles. The summed E-state index contributed by atoms with van der Waals surface area (Å²) < 4.78 is 39.7. The predicted molar refractivity (Wildman–Crippen MR) is 104 cm³/mol. The van der Waals surface area contributed by atoms with Crippen LogP contribution in [0.3, 0.4) is 0 Å². The van der Waals surface area contributed by atoms with Gasteiger partial charge in [-0.15, -0.1) is 12.4 Å². The van der Waals surface area contributed by atoms with Crippen molar-refractivity contribution in [1.82, 2.24) is 4.72 Å². The standard InChI is InChI=1S/C17H25N3O5S.ClH/c1-11-5-3-4-6-17(11,10-18)20-26(22,23)15-8-13-12(7-14(15)24-2)19-16(21)9-25-13;/h7-8,11,20H,3-6,9-10,18H2,1-2H3,(H,19,21);1H. The number of hydrogen-bond acceptors (Lipinski definition) is 6. The van der Waals surface area contributed by atoms with Crippen LogP contribution in [0.15, 0.2) is 17.0 Å². The van der Waals surface area contributed by atoms with E-state index in [-0.39, 0.29) is 48.0 Å². The van der Waals surface area contributed by atoms with Gasteiger partial charge < -0.3 is 20.5 Å². The molecule has 0 bridgehead atoms. The van der Waals surface area contributed by atoms with Gasteiger partial charge in [-0.1, -0.05) is 19.8 Å². The number of ether oxygens (including phenoxy) is 2. The third kappa shape index (κ3) is 4.16. The van der Waals surface area contributed by atoms with E-state index in [1.54, 1.807) is 0 Å². The van der Waals surface area contributed by atoms with Crippen molar-refractivity contribution in [3.63, 3.8) is 0 Å². The Balaban J connectivity index is 0.00000261. The molecule has 1 aromatic rings. The summed E-state index contributed by atoms with van der Waals surface area (Å²) in [5.41, 5.74) is 5.69. The smallest absolute Gasteiger partial charge is 0.262 e. The van der Waals surface area contributed by atoms with Gasteiger partial charge in [0.05, 0.1) is 12.8 Å². The first-order valence-electron chi connectivity index (χ1n) is 8.70. The van der Waals surface area contributed by atoms with E-state index in [2.05, 4.69) is 10.0 Å². The molecular weight excluding hydrogens is 394 g/mol. The van der Waals surface area contributed by atoms with Crippen LogP contribution < -0.4 is 25.2 Å². The molecule has 27 heavy (non-hydrogen) atoms. The third-order valence-corrected chi connectivity index (χ3v) is 6.92. The maximum absolute atomic E-state index is 13.2. The Morgan fingerprint density at radius 3 is 2.78 bits per heavy atom. The van der Waals surface area contributed by atoms with Gasteiger partial charge in [0.15, 0.2) is 6.61 Å². The van der Waals surface area contributed by atoms with Gasteiger partial charge in [-0.05, 0) is 18.8 Å². The van der Waals surface area contributed by atoms with Crippen LogP contribution in [-0.4, -0.2) is 40.1 Å². The van der Waals surface area contributed by atoms with Crippen molar-refractivity contribution in [2.45, 2.75) is 43.0 Å². The van der Waals surface area contributed by atoms with Crippen LogP contribution in [0.4, 0.5) is 5.69 Å². The lowest BCUT2D eigenvalue weighted by molar-refractivity contribution is -0.118. The van der Waals surface area contributed by atoms with Crippen LogP contribution in [0.1, 0.15) is 32.6 Å². The zero-order chi connectivity index (χ0) is 18.9. The molecule has 10 heteroatoms. The highest BCUT2D eigenvalue weighted by atomic mass is 35.5. The molecule has 1 saturated carbocycles. The molecule has 8 nitrogen and oxygen atoms in total. The quantitative estimate of drug-likeness (QED) is 0.667. The first-order chi connectivity index (χ1) is 12.3. The summed E-state index contributed by atoms with van der Waals surface area (Å²) in [7, 11) is -2.52. The summed E-state index contributed by atoms with van der Waals surface area (Å²) in [6.07, 6.45) is 3.63. The van der Waals surface area contributed by atoms with Gasteiger partial charge in [0.25, 0.3) is 5.91 Å². The molecule has 2 unspecified atom stereocenters. The molecule has 1 aromatic carbocycles. The fourth-order valence-corrected chi connectivity index (χ4v) is 5.39. The van der Waals surface area contributed by atoms with Gasteiger partial charge >= 0.3 is 0 Å². The lowest BCUT2D eigenvalue weighted by atomic mass is 9.74. The van der Waals surface area contributed by atoms with Crippen LogP contribution in [0, 0.1) is 5.92 Å². The lowest BCUT2D eigenvalue weighted by Crippen LogP contribution is -2.58. The third-order valence-electron chi connectivity index (χ3n) is 5.34. The normalized spacial score (nSPS) is 24.9. The minimum absolute atomic E-state index is 0. The average molecular weight is 420 g/mol. The van der Waals surface area contributed by atoms with Gasteiger partial charge in [0.2, 0.25) is 10.0 Å². The topological polar surface area (TPSA) is 120 Å². The second kappa shape index (κ2) is 8.22. The van der Waals surface area contributed by atoms with E-state index < -0.39 is 15.6 Å². The molecule has 3 rings (SSSR count). The number of anilines is 1. The van der Waals surface area contributed by atoms with Crippen LogP contribution in [-0.2, 0) is 14.8 Å². The highest BCUT2D eigenvalue weighted by Gasteiger charge is 2.41. The monoisotopic (exact) mass is 419 g/mol. The summed E-state index contributed by atoms with van der Waals surface area (Å²) >= 11 is 0. The molecule has 4 N–H and O–H groups in total. The molecule has 2 atom stereocenters. The number of benzene rings is 1. The van der Waals surface area contributed by atoms with E-state index in [1.165, 1.54) is 19.2 Å². The summed E-state index contributed by atoms with van der Waals surface area (Å²) in [6, 6.07) is 2.84. The number of carbonyl (C=O) groups is 1. The number of amides is 1. The first-order valence-corrected chi connectivity index (χ1v) is 10.2. The van der Waals surface area contributed by atoms with Crippen LogP contribution in [0.2, 0.25) is 0 Å². The SMILES string of the molecule is COc1cc2c(cc1S(=O)(=O)NC1(CN)CCCCC1C)OCC(=O)N2.Cl. The number of nitrogens with one attached hydrogen (secondary N) is 2. The Kier molecular flexibility index (Phi) is 6.62. The Morgan fingerprint density at radius 2 is 2.15 bits per heavy atom. The van der Waals surface area contributed by atoms with Crippen molar-refractivity contribution < 1.29 is 22.7 Å². The molecule has 0 spiro atoms. The van der Waals surface area contributed by atoms with Crippen LogP contribution in [0.5, 0.6) is 11.5 Å². The number of hydrogen-bond donors (Lipinski definition) is 3. The largest absolute Gasteiger partial charge is 0.495 e. The van der Waals surface area contributed by atoms with Crippen molar-refractivity contribution >= 4 is 34.0 Å². The summed E-state index contributed by atoms with van der Waals surface area (Å²) in [5, 5.41) is 2.64. The van der Waals surface area contributed by atoms with Gasteiger partial charge in [-0.3, -0.25) is 4.79 Å². The molecule has 152 valence electrons. The predicted octanol–water partition coefficient (Wildman–Crippen LogP) is 1.63. The van der Waals surface area contributed by atoms with Crippen LogP contribution in [0.25, 0.3) is 0 Å². The Labute approximate surface area is 165 Å². The Bertz CT molecular complexity index is 817. The zero-order valence-electron chi connectivity index (χ0n) is 15.4.